The van der Waals surface area contributed by atoms with Crippen LogP contribution in [0.25, 0.3) is 0 Å². The van der Waals surface area contributed by atoms with Crippen molar-refractivity contribution in [3.8, 4) is 0 Å². The lowest BCUT2D eigenvalue weighted by atomic mass is 10.1. The molecule has 1 heterocycles. The fourth-order valence-electron chi connectivity index (χ4n) is 3.79. The Morgan fingerprint density at radius 3 is 2.25 bits per heavy atom. The molecule has 9 heteroatoms. The number of carbonyl (C=O) groups is 4. The molecule has 3 amide bonds. The number of para-hydroxylation sites is 1. The Morgan fingerprint density at radius 1 is 0.917 bits per heavy atom. The van der Waals surface area contributed by atoms with E-state index in [9.17, 15) is 19.2 Å². The molecule has 3 aromatic rings. The maximum atomic E-state index is 13.2. The number of halogens is 1. The number of rotatable bonds is 7. The van der Waals surface area contributed by atoms with Crippen LogP contribution in [0.2, 0.25) is 0 Å². The number of nitrogens with one attached hydrogen (secondary N) is 1. The molecule has 0 saturated heterocycles. The summed E-state index contributed by atoms with van der Waals surface area (Å²) < 4.78 is 4.67. The van der Waals surface area contributed by atoms with Gasteiger partial charge in [-0.15, -0.1) is 0 Å². The molecule has 36 heavy (non-hydrogen) atoms. The van der Waals surface area contributed by atoms with E-state index in [4.69, 9.17) is 11.6 Å². The van der Waals surface area contributed by atoms with Crippen molar-refractivity contribution in [2.45, 2.75) is 6.92 Å². The molecule has 0 spiro atoms. The number of hydrogen-bond acceptors (Lipinski definition) is 6. The molecule has 182 valence electrons. The van der Waals surface area contributed by atoms with Crippen molar-refractivity contribution in [3.63, 3.8) is 0 Å². The number of ether oxygens (including phenoxy) is 1. The highest BCUT2D eigenvalue weighted by Crippen LogP contribution is 2.30. The fourth-order valence-corrected chi connectivity index (χ4v) is 4.00. The molecule has 0 fully saturated rings. The van der Waals surface area contributed by atoms with Crippen LogP contribution >= 0.6 is 11.6 Å². The van der Waals surface area contributed by atoms with Crippen molar-refractivity contribution in [2.24, 2.45) is 0 Å². The Balaban J connectivity index is 1.56. The number of esters is 1. The molecule has 1 aliphatic heterocycles. The Morgan fingerprint density at radius 2 is 1.61 bits per heavy atom. The summed E-state index contributed by atoms with van der Waals surface area (Å²) in [5.41, 5.74) is 1.99. The van der Waals surface area contributed by atoms with Crippen LogP contribution in [-0.4, -0.2) is 37.3 Å². The smallest absolute Gasteiger partial charge is 0.337 e. The van der Waals surface area contributed by atoms with Gasteiger partial charge in [-0.1, -0.05) is 35.9 Å². The van der Waals surface area contributed by atoms with Crippen molar-refractivity contribution >= 4 is 52.4 Å². The largest absolute Gasteiger partial charge is 0.465 e. The van der Waals surface area contributed by atoms with E-state index in [-0.39, 0.29) is 27.9 Å². The summed E-state index contributed by atoms with van der Waals surface area (Å²) in [5.74, 6) is -2.12. The first-order valence-electron chi connectivity index (χ1n) is 11.1. The number of imide groups is 1. The Bertz CT molecular complexity index is 1370. The lowest BCUT2D eigenvalue weighted by molar-refractivity contribution is -0.120. The zero-order valence-corrected chi connectivity index (χ0v) is 20.3. The standard InChI is InChI=1S/C27H22ClN3O5/c1-3-30(20-10-5-4-6-11-20)24(32)18-8-7-9-19(16-18)29-23-22(28)25(33)31(26(23)34)21-14-12-17(13-15-21)27(35)36-2/h4-16,29H,3H2,1-2H3. The summed E-state index contributed by atoms with van der Waals surface area (Å²) in [7, 11) is 1.26. The second kappa shape index (κ2) is 10.5. The lowest BCUT2D eigenvalue weighted by Gasteiger charge is -2.21. The number of methoxy groups -OCH3 is 1. The lowest BCUT2D eigenvalue weighted by Crippen LogP contribution is -2.32. The van der Waals surface area contributed by atoms with Gasteiger partial charge in [0.05, 0.1) is 18.4 Å². The van der Waals surface area contributed by atoms with Gasteiger partial charge in [-0.3, -0.25) is 14.4 Å². The van der Waals surface area contributed by atoms with Gasteiger partial charge in [0.2, 0.25) is 0 Å². The van der Waals surface area contributed by atoms with Crippen LogP contribution in [-0.2, 0) is 14.3 Å². The highest BCUT2D eigenvalue weighted by atomic mass is 35.5. The van der Waals surface area contributed by atoms with Gasteiger partial charge < -0.3 is 15.0 Å². The van der Waals surface area contributed by atoms with E-state index < -0.39 is 17.8 Å². The minimum absolute atomic E-state index is 0.112. The molecule has 8 nitrogen and oxygen atoms in total. The molecule has 4 rings (SSSR count). The molecular weight excluding hydrogens is 482 g/mol. The van der Waals surface area contributed by atoms with E-state index in [0.717, 1.165) is 10.6 Å². The second-order valence-electron chi connectivity index (χ2n) is 7.76. The van der Waals surface area contributed by atoms with Crippen molar-refractivity contribution < 1.29 is 23.9 Å². The molecule has 0 radical (unpaired) electrons. The number of carbonyl (C=O) groups excluding carboxylic acids is 4. The number of hydrogen-bond donors (Lipinski definition) is 1. The van der Waals surface area contributed by atoms with Crippen molar-refractivity contribution in [3.05, 3.63) is 101 Å². The van der Waals surface area contributed by atoms with Gasteiger partial charge in [0.15, 0.2) is 0 Å². The SMILES string of the molecule is CCN(C(=O)c1cccc(NC2=C(Cl)C(=O)N(c3ccc(C(=O)OC)cc3)C2=O)c1)c1ccccc1. The minimum atomic E-state index is -0.705. The zero-order valence-electron chi connectivity index (χ0n) is 19.5. The molecule has 1 aliphatic rings. The molecule has 0 aromatic heterocycles. The van der Waals surface area contributed by atoms with E-state index in [1.165, 1.54) is 31.4 Å². The van der Waals surface area contributed by atoms with Gasteiger partial charge >= 0.3 is 5.97 Å². The molecular formula is C27H22ClN3O5. The quantitative estimate of drug-likeness (QED) is 0.374. The third-order valence-electron chi connectivity index (χ3n) is 5.58. The third-order valence-corrected chi connectivity index (χ3v) is 5.93. The molecule has 3 aromatic carbocycles. The van der Waals surface area contributed by atoms with Gasteiger partial charge in [0.1, 0.15) is 10.7 Å². The van der Waals surface area contributed by atoms with Crippen LogP contribution in [0, 0.1) is 0 Å². The first-order chi connectivity index (χ1) is 17.3. The summed E-state index contributed by atoms with van der Waals surface area (Å²) in [6.07, 6.45) is 0. The molecule has 0 atom stereocenters. The van der Waals surface area contributed by atoms with Crippen LogP contribution in [0.1, 0.15) is 27.6 Å². The predicted octanol–water partition coefficient (Wildman–Crippen LogP) is 4.58. The van der Waals surface area contributed by atoms with Crippen LogP contribution in [0.5, 0.6) is 0 Å². The van der Waals surface area contributed by atoms with Crippen LogP contribution in [0.15, 0.2) is 89.6 Å². The molecule has 0 aliphatic carbocycles. The molecule has 0 saturated carbocycles. The van der Waals surface area contributed by atoms with E-state index in [0.29, 0.717) is 17.8 Å². The van der Waals surface area contributed by atoms with Crippen LogP contribution < -0.4 is 15.1 Å². The van der Waals surface area contributed by atoms with Gasteiger partial charge in [-0.25, -0.2) is 9.69 Å². The zero-order chi connectivity index (χ0) is 25.8. The maximum absolute atomic E-state index is 13.2. The van der Waals surface area contributed by atoms with Crippen LogP contribution in [0.3, 0.4) is 0 Å². The summed E-state index contributed by atoms with van der Waals surface area (Å²) in [5, 5.41) is 2.61. The average molecular weight is 504 g/mol. The third kappa shape index (κ3) is 4.71. The normalized spacial score (nSPS) is 13.1. The number of nitrogens with zero attached hydrogens (tertiary/aromatic N) is 2. The summed E-state index contributed by atoms with van der Waals surface area (Å²) in [6.45, 7) is 2.35. The average Bonchev–Trinajstić information content (AvgIpc) is 3.12. The van der Waals surface area contributed by atoms with Crippen molar-refractivity contribution in [1.29, 1.82) is 0 Å². The van der Waals surface area contributed by atoms with Gasteiger partial charge in [-0.2, -0.15) is 0 Å². The number of amides is 3. The topological polar surface area (TPSA) is 96.0 Å². The number of anilines is 3. The van der Waals surface area contributed by atoms with Crippen molar-refractivity contribution in [1.82, 2.24) is 0 Å². The van der Waals surface area contributed by atoms with E-state index in [2.05, 4.69) is 10.1 Å². The summed E-state index contributed by atoms with van der Waals surface area (Å²) >= 11 is 6.23. The second-order valence-corrected chi connectivity index (χ2v) is 8.14. The van der Waals surface area contributed by atoms with Gasteiger partial charge in [-0.05, 0) is 61.5 Å². The fraction of sp³-hybridized carbons (Fsp3) is 0.111. The van der Waals surface area contributed by atoms with E-state index in [1.807, 2.05) is 37.3 Å². The Kier molecular flexibility index (Phi) is 7.17. The van der Waals surface area contributed by atoms with Crippen molar-refractivity contribution in [2.75, 3.05) is 28.8 Å². The minimum Gasteiger partial charge on any atom is -0.465 e. The van der Waals surface area contributed by atoms with Gasteiger partial charge in [0.25, 0.3) is 17.7 Å². The van der Waals surface area contributed by atoms with Crippen LogP contribution in [0.4, 0.5) is 17.1 Å². The maximum Gasteiger partial charge on any atom is 0.337 e. The summed E-state index contributed by atoms with van der Waals surface area (Å²) in [4.78, 5) is 53.3. The monoisotopic (exact) mass is 503 g/mol. The molecule has 0 bridgehead atoms. The Hall–Kier alpha value is -4.43. The first-order valence-corrected chi connectivity index (χ1v) is 11.4. The first kappa shape index (κ1) is 24.7. The molecule has 1 N–H and O–H groups in total. The van der Waals surface area contributed by atoms with E-state index >= 15 is 0 Å². The summed E-state index contributed by atoms with van der Waals surface area (Å²) in [6, 6.07) is 21.7. The highest BCUT2D eigenvalue weighted by Gasteiger charge is 2.39. The number of benzene rings is 3. The highest BCUT2D eigenvalue weighted by molar-refractivity contribution is 6.53. The predicted molar refractivity (Wildman–Crippen MR) is 137 cm³/mol. The van der Waals surface area contributed by atoms with Gasteiger partial charge in [0, 0.05) is 23.5 Å². The molecule has 0 unspecified atom stereocenters. The van der Waals surface area contributed by atoms with E-state index in [1.54, 1.807) is 29.2 Å². The Labute approximate surface area is 212 Å².